The van der Waals surface area contributed by atoms with Crippen LogP contribution < -0.4 is 11.1 Å². The standard InChI is InChI=1S/C10H6BrCl2FN4/c11-5-1-4(14)2-6(12)8(5)18-10-7(15)9(13)16-3-17-10/h1-3H,15H2,(H,16,17,18). The summed E-state index contributed by atoms with van der Waals surface area (Å²) in [6, 6.07) is 2.45. The molecular weight excluding hydrogens is 346 g/mol. The molecule has 0 saturated heterocycles. The van der Waals surface area contributed by atoms with Gasteiger partial charge in [0.2, 0.25) is 0 Å². The molecular formula is C10H6BrCl2FN4. The molecule has 2 rings (SSSR count). The lowest BCUT2D eigenvalue weighted by molar-refractivity contribution is 0.627. The van der Waals surface area contributed by atoms with Crippen molar-refractivity contribution in [2.45, 2.75) is 0 Å². The summed E-state index contributed by atoms with van der Waals surface area (Å²) in [6.45, 7) is 0. The second-order valence-electron chi connectivity index (χ2n) is 3.30. The number of nitrogens with two attached hydrogens (primary N) is 1. The first kappa shape index (κ1) is 13.3. The van der Waals surface area contributed by atoms with E-state index in [1.165, 1.54) is 18.5 Å². The number of anilines is 3. The predicted octanol–water partition coefficient (Wildman–Crippen LogP) is 4.01. The van der Waals surface area contributed by atoms with Crippen LogP contribution in [0.5, 0.6) is 0 Å². The van der Waals surface area contributed by atoms with Gasteiger partial charge in [-0.1, -0.05) is 23.2 Å². The number of hydrogen-bond acceptors (Lipinski definition) is 4. The predicted molar refractivity (Wildman–Crippen MR) is 73.8 cm³/mol. The van der Waals surface area contributed by atoms with Crippen LogP contribution in [0.4, 0.5) is 21.6 Å². The van der Waals surface area contributed by atoms with E-state index in [1.807, 2.05) is 0 Å². The van der Waals surface area contributed by atoms with Crippen molar-refractivity contribution < 1.29 is 4.39 Å². The van der Waals surface area contributed by atoms with Crippen LogP contribution in [-0.2, 0) is 0 Å². The summed E-state index contributed by atoms with van der Waals surface area (Å²) in [5, 5.41) is 3.19. The van der Waals surface area contributed by atoms with Gasteiger partial charge in [0.05, 0.1) is 10.7 Å². The van der Waals surface area contributed by atoms with Gasteiger partial charge in [0.15, 0.2) is 11.0 Å². The van der Waals surface area contributed by atoms with Crippen molar-refractivity contribution in [1.82, 2.24) is 9.97 Å². The first-order valence-electron chi connectivity index (χ1n) is 4.66. The largest absolute Gasteiger partial charge is 0.393 e. The first-order valence-corrected chi connectivity index (χ1v) is 6.21. The zero-order valence-electron chi connectivity index (χ0n) is 8.72. The summed E-state index contributed by atoms with van der Waals surface area (Å²) in [5.41, 5.74) is 6.34. The van der Waals surface area contributed by atoms with Gasteiger partial charge in [0, 0.05) is 4.47 Å². The summed E-state index contributed by atoms with van der Waals surface area (Å²) in [4.78, 5) is 7.66. The molecule has 0 spiro atoms. The van der Waals surface area contributed by atoms with E-state index in [-0.39, 0.29) is 15.9 Å². The zero-order chi connectivity index (χ0) is 13.3. The van der Waals surface area contributed by atoms with Crippen LogP contribution in [-0.4, -0.2) is 9.97 Å². The lowest BCUT2D eigenvalue weighted by atomic mass is 10.3. The maximum atomic E-state index is 13.1. The van der Waals surface area contributed by atoms with E-state index in [4.69, 9.17) is 28.9 Å². The fraction of sp³-hybridized carbons (Fsp3) is 0. The van der Waals surface area contributed by atoms with Gasteiger partial charge in [0.25, 0.3) is 0 Å². The Balaban J connectivity index is 2.43. The van der Waals surface area contributed by atoms with Gasteiger partial charge in [0.1, 0.15) is 17.8 Å². The van der Waals surface area contributed by atoms with Crippen molar-refractivity contribution in [3.05, 3.63) is 38.9 Å². The van der Waals surface area contributed by atoms with Gasteiger partial charge in [-0.2, -0.15) is 0 Å². The number of halogens is 4. The summed E-state index contributed by atoms with van der Waals surface area (Å²) >= 11 is 14.9. The maximum absolute atomic E-state index is 13.1. The average molecular weight is 352 g/mol. The monoisotopic (exact) mass is 350 g/mol. The Bertz CT molecular complexity index is 585. The van der Waals surface area contributed by atoms with Gasteiger partial charge in [-0.25, -0.2) is 14.4 Å². The van der Waals surface area contributed by atoms with Gasteiger partial charge < -0.3 is 11.1 Å². The minimum Gasteiger partial charge on any atom is -0.393 e. The second kappa shape index (κ2) is 5.26. The first-order chi connectivity index (χ1) is 8.49. The van der Waals surface area contributed by atoms with Crippen molar-refractivity contribution in [2.24, 2.45) is 0 Å². The lowest BCUT2D eigenvalue weighted by Gasteiger charge is -2.11. The van der Waals surface area contributed by atoms with Gasteiger partial charge >= 0.3 is 0 Å². The highest BCUT2D eigenvalue weighted by Gasteiger charge is 2.12. The van der Waals surface area contributed by atoms with Crippen LogP contribution >= 0.6 is 39.1 Å². The van der Waals surface area contributed by atoms with E-state index in [9.17, 15) is 4.39 Å². The molecule has 0 unspecified atom stereocenters. The minimum absolute atomic E-state index is 0.127. The third kappa shape index (κ3) is 2.66. The quantitative estimate of drug-likeness (QED) is 0.802. The number of nitrogens with one attached hydrogen (secondary N) is 1. The summed E-state index contributed by atoms with van der Waals surface area (Å²) in [7, 11) is 0. The van der Waals surface area contributed by atoms with Gasteiger partial charge in [-0.05, 0) is 28.1 Å². The van der Waals surface area contributed by atoms with Crippen molar-refractivity contribution in [1.29, 1.82) is 0 Å². The lowest BCUT2D eigenvalue weighted by Crippen LogP contribution is -2.02. The van der Waals surface area contributed by atoms with E-state index < -0.39 is 5.82 Å². The Hall–Kier alpha value is -1.11. The highest BCUT2D eigenvalue weighted by molar-refractivity contribution is 9.10. The number of nitrogens with zero attached hydrogens (tertiary/aromatic N) is 2. The fourth-order valence-electron chi connectivity index (χ4n) is 1.25. The smallest absolute Gasteiger partial charge is 0.158 e. The van der Waals surface area contributed by atoms with Crippen LogP contribution in [0.3, 0.4) is 0 Å². The molecule has 0 aliphatic rings. The Kier molecular flexibility index (Phi) is 3.89. The summed E-state index contributed by atoms with van der Waals surface area (Å²) < 4.78 is 13.5. The molecule has 1 heterocycles. The molecule has 0 bridgehead atoms. The Morgan fingerprint density at radius 2 is 2.00 bits per heavy atom. The molecule has 0 aliphatic carbocycles. The highest BCUT2D eigenvalue weighted by atomic mass is 79.9. The fourth-order valence-corrected chi connectivity index (χ4v) is 2.29. The third-order valence-corrected chi connectivity index (χ3v) is 3.31. The molecule has 0 fully saturated rings. The van der Waals surface area contributed by atoms with Crippen molar-refractivity contribution in [2.75, 3.05) is 11.1 Å². The van der Waals surface area contributed by atoms with Crippen LogP contribution in [0.1, 0.15) is 0 Å². The van der Waals surface area contributed by atoms with Gasteiger partial charge in [-0.15, -0.1) is 0 Å². The SMILES string of the molecule is Nc1c(Cl)ncnc1Nc1c(Cl)cc(F)cc1Br. The number of nitrogen functional groups attached to an aromatic ring is 1. The Labute approximate surface area is 120 Å². The Morgan fingerprint density at radius 3 is 2.67 bits per heavy atom. The van der Waals surface area contributed by atoms with E-state index in [2.05, 4.69) is 31.2 Å². The number of benzene rings is 1. The number of aromatic nitrogens is 2. The molecule has 0 aliphatic heterocycles. The molecule has 0 amide bonds. The molecule has 3 N–H and O–H groups in total. The van der Waals surface area contributed by atoms with Crippen molar-refractivity contribution in [3.63, 3.8) is 0 Å². The van der Waals surface area contributed by atoms with E-state index in [0.29, 0.717) is 16.0 Å². The zero-order valence-corrected chi connectivity index (χ0v) is 11.8. The third-order valence-electron chi connectivity index (χ3n) is 2.09. The van der Waals surface area contributed by atoms with Crippen LogP contribution in [0.15, 0.2) is 22.9 Å². The average Bonchev–Trinajstić information content (AvgIpc) is 2.28. The molecule has 4 nitrogen and oxygen atoms in total. The molecule has 1 aromatic heterocycles. The summed E-state index contributed by atoms with van der Waals surface area (Å²) in [5.74, 6) is -0.157. The van der Waals surface area contributed by atoms with Crippen molar-refractivity contribution >= 4 is 56.3 Å². The van der Waals surface area contributed by atoms with E-state index in [1.54, 1.807) is 0 Å². The minimum atomic E-state index is -0.453. The Morgan fingerprint density at radius 1 is 1.28 bits per heavy atom. The molecule has 1 aromatic carbocycles. The number of rotatable bonds is 2. The van der Waals surface area contributed by atoms with Crippen molar-refractivity contribution in [3.8, 4) is 0 Å². The molecule has 0 saturated carbocycles. The highest BCUT2D eigenvalue weighted by Crippen LogP contribution is 2.35. The molecule has 2 aromatic rings. The second-order valence-corrected chi connectivity index (χ2v) is 4.92. The molecule has 0 atom stereocenters. The maximum Gasteiger partial charge on any atom is 0.158 e. The topological polar surface area (TPSA) is 63.8 Å². The van der Waals surface area contributed by atoms with Crippen LogP contribution in [0.25, 0.3) is 0 Å². The van der Waals surface area contributed by atoms with E-state index >= 15 is 0 Å². The molecule has 18 heavy (non-hydrogen) atoms. The molecule has 94 valence electrons. The molecule has 8 heteroatoms. The van der Waals surface area contributed by atoms with Crippen LogP contribution in [0.2, 0.25) is 10.2 Å². The molecule has 0 radical (unpaired) electrons. The summed E-state index contributed by atoms with van der Waals surface area (Å²) in [6.07, 6.45) is 1.26. The van der Waals surface area contributed by atoms with Crippen LogP contribution in [0, 0.1) is 5.82 Å². The normalized spacial score (nSPS) is 10.4. The number of hydrogen-bond donors (Lipinski definition) is 2. The van der Waals surface area contributed by atoms with Gasteiger partial charge in [-0.3, -0.25) is 0 Å². The van der Waals surface area contributed by atoms with E-state index in [0.717, 1.165) is 0 Å².